The van der Waals surface area contributed by atoms with Crippen LogP contribution in [0.5, 0.6) is 0 Å². The lowest BCUT2D eigenvalue weighted by Gasteiger charge is -2.36. The molecule has 0 aromatic heterocycles. The van der Waals surface area contributed by atoms with E-state index in [0.29, 0.717) is 25.7 Å². The fraction of sp³-hybridized carbons (Fsp3) is 0.783. The molecule has 31 heavy (non-hydrogen) atoms. The molecular weight excluding hydrogens is 404 g/mol. The van der Waals surface area contributed by atoms with Crippen LogP contribution in [-0.4, -0.2) is 75.4 Å². The third-order valence-electron chi connectivity index (χ3n) is 5.33. The number of hydrogen-bond donors (Lipinski definition) is 5. The zero-order chi connectivity index (χ0) is 23.1. The summed E-state index contributed by atoms with van der Waals surface area (Å²) in [5.41, 5.74) is 0. The van der Waals surface area contributed by atoms with Crippen LogP contribution < -0.4 is 0 Å². The molecule has 1 rings (SSSR count). The maximum absolute atomic E-state index is 11.6. The lowest BCUT2D eigenvalue weighted by Crippen LogP contribution is -2.43. The molecule has 0 aromatic rings. The Bertz CT molecular complexity index is 532. The summed E-state index contributed by atoms with van der Waals surface area (Å²) < 4.78 is 10.5. The van der Waals surface area contributed by atoms with Crippen molar-refractivity contribution in [2.45, 2.75) is 95.4 Å². The van der Waals surface area contributed by atoms with Gasteiger partial charge in [0.05, 0.1) is 31.5 Å². The Morgan fingerprint density at radius 1 is 1.16 bits per heavy atom. The first-order valence-electron chi connectivity index (χ1n) is 11.3. The van der Waals surface area contributed by atoms with E-state index < -0.39 is 49.9 Å². The van der Waals surface area contributed by atoms with Gasteiger partial charge in [-0.05, 0) is 25.7 Å². The molecule has 5 atom stereocenters. The fourth-order valence-electron chi connectivity index (χ4n) is 3.47. The molecule has 0 radical (unpaired) electrons. The Labute approximate surface area is 185 Å². The van der Waals surface area contributed by atoms with Crippen molar-refractivity contribution >= 4 is 5.97 Å². The molecular formula is C23H40O8. The summed E-state index contributed by atoms with van der Waals surface area (Å²) in [5, 5.41) is 48.1. The van der Waals surface area contributed by atoms with E-state index in [1.54, 1.807) is 12.2 Å². The smallest absolute Gasteiger partial charge is 0.306 e. The summed E-state index contributed by atoms with van der Waals surface area (Å²) in [6.45, 7) is 1.29. The minimum Gasteiger partial charge on any atom is -0.457 e. The molecule has 1 saturated heterocycles. The molecule has 0 bridgehead atoms. The van der Waals surface area contributed by atoms with Crippen molar-refractivity contribution in [1.82, 2.24) is 0 Å². The Morgan fingerprint density at radius 3 is 2.58 bits per heavy atom. The van der Waals surface area contributed by atoms with Gasteiger partial charge >= 0.3 is 5.97 Å². The van der Waals surface area contributed by atoms with Crippen molar-refractivity contribution < 1.29 is 39.8 Å². The van der Waals surface area contributed by atoms with Crippen LogP contribution in [0.4, 0.5) is 0 Å². The predicted molar refractivity (Wildman–Crippen MR) is 116 cm³/mol. The molecule has 0 amide bonds. The summed E-state index contributed by atoms with van der Waals surface area (Å²) in [4.78, 5) is 11.6. The summed E-state index contributed by atoms with van der Waals surface area (Å²) in [6, 6.07) is 0. The molecule has 0 spiro atoms. The van der Waals surface area contributed by atoms with Gasteiger partial charge in [-0.3, -0.25) is 4.79 Å². The first-order valence-corrected chi connectivity index (χ1v) is 11.3. The van der Waals surface area contributed by atoms with Gasteiger partial charge in [0.2, 0.25) is 0 Å². The highest BCUT2D eigenvalue weighted by molar-refractivity contribution is 5.69. The van der Waals surface area contributed by atoms with Crippen LogP contribution in [0.3, 0.4) is 0 Å². The van der Waals surface area contributed by atoms with Crippen LogP contribution in [-0.2, 0) is 14.3 Å². The fourth-order valence-corrected chi connectivity index (χ4v) is 3.47. The highest BCUT2D eigenvalue weighted by Crippen LogP contribution is 2.29. The standard InChI is InChI=1S/C23H40O8/c1-2-3-6-9-17(26)12-13-21-19(20(27)14-23(29)31-21)10-7-4-5-8-11-22(28)30-18(15-24)16-25/h4,7,12-13,17-21,23-27,29H,2-3,5-6,8-11,14-16H2,1H3/b7-4-,13-12+/t17-,19-,20-,21+,23?/m0/s1. The van der Waals surface area contributed by atoms with E-state index in [1.807, 2.05) is 12.2 Å². The number of carbonyl (C=O) groups excluding carboxylic acids is 1. The average Bonchev–Trinajstić information content (AvgIpc) is 2.74. The molecule has 5 N–H and O–H groups in total. The van der Waals surface area contributed by atoms with Gasteiger partial charge in [0.15, 0.2) is 6.29 Å². The largest absolute Gasteiger partial charge is 0.457 e. The maximum Gasteiger partial charge on any atom is 0.306 e. The van der Waals surface area contributed by atoms with Crippen molar-refractivity contribution in [2.24, 2.45) is 5.92 Å². The molecule has 0 aliphatic carbocycles. The first-order chi connectivity index (χ1) is 14.9. The molecule has 1 aliphatic rings. The number of carbonyl (C=O) groups is 1. The quantitative estimate of drug-likeness (QED) is 0.146. The predicted octanol–water partition coefficient (Wildman–Crippen LogP) is 1.58. The van der Waals surface area contributed by atoms with Gasteiger partial charge in [-0.2, -0.15) is 0 Å². The molecule has 0 saturated carbocycles. The molecule has 1 aliphatic heterocycles. The van der Waals surface area contributed by atoms with E-state index in [2.05, 4.69) is 6.92 Å². The zero-order valence-electron chi connectivity index (χ0n) is 18.5. The minimum absolute atomic E-state index is 0.143. The van der Waals surface area contributed by atoms with Gasteiger partial charge < -0.3 is 35.0 Å². The second-order valence-electron chi connectivity index (χ2n) is 8.05. The van der Waals surface area contributed by atoms with Gasteiger partial charge in [0.25, 0.3) is 0 Å². The topological polar surface area (TPSA) is 137 Å². The molecule has 8 heteroatoms. The number of aliphatic hydroxyl groups is 5. The van der Waals surface area contributed by atoms with Crippen LogP contribution in [0.25, 0.3) is 0 Å². The average molecular weight is 445 g/mol. The Balaban J connectivity index is 2.45. The Kier molecular flexibility index (Phi) is 14.6. The second kappa shape index (κ2) is 16.4. The SMILES string of the molecule is CCCCC[C@H](O)/C=C/[C@H]1OC(O)C[C@H](O)[C@@H]1C/C=C\CCCC(=O)OC(CO)CO. The second-order valence-corrected chi connectivity index (χ2v) is 8.05. The summed E-state index contributed by atoms with van der Waals surface area (Å²) in [6.07, 6.45) is 9.40. The normalized spacial score (nSPS) is 25.5. The third kappa shape index (κ3) is 11.8. The minimum atomic E-state index is -1.03. The van der Waals surface area contributed by atoms with Crippen molar-refractivity contribution in [3.8, 4) is 0 Å². The first kappa shape index (κ1) is 27.7. The number of rotatable bonds is 15. The van der Waals surface area contributed by atoms with Gasteiger partial charge in [-0.15, -0.1) is 0 Å². The molecule has 1 unspecified atom stereocenters. The Morgan fingerprint density at radius 2 is 1.90 bits per heavy atom. The number of unbranched alkanes of at least 4 members (excludes halogenated alkanes) is 3. The monoisotopic (exact) mass is 444 g/mol. The summed E-state index contributed by atoms with van der Waals surface area (Å²) >= 11 is 0. The third-order valence-corrected chi connectivity index (χ3v) is 5.33. The molecule has 1 fully saturated rings. The highest BCUT2D eigenvalue weighted by Gasteiger charge is 2.35. The van der Waals surface area contributed by atoms with Crippen LogP contribution in [0, 0.1) is 5.92 Å². The van der Waals surface area contributed by atoms with E-state index in [9.17, 15) is 20.1 Å². The van der Waals surface area contributed by atoms with Crippen LogP contribution in [0.2, 0.25) is 0 Å². The summed E-state index contributed by atoms with van der Waals surface area (Å²) in [7, 11) is 0. The zero-order valence-corrected chi connectivity index (χ0v) is 18.5. The number of ether oxygens (including phenoxy) is 2. The van der Waals surface area contributed by atoms with Gasteiger partial charge in [-0.25, -0.2) is 0 Å². The molecule has 8 nitrogen and oxygen atoms in total. The van der Waals surface area contributed by atoms with E-state index in [0.717, 1.165) is 19.3 Å². The Hall–Kier alpha value is -1.29. The lowest BCUT2D eigenvalue weighted by atomic mass is 9.87. The van der Waals surface area contributed by atoms with Crippen LogP contribution in [0.1, 0.15) is 64.7 Å². The van der Waals surface area contributed by atoms with E-state index >= 15 is 0 Å². The van der Waals surface area contributed by atoms with Crippen LogP contribution >= 0.6 is 0 Å². The van der Waals surface area contributed by atoms with Crippen molar-refractivity contribution in [3.05, 3.63) is 24.3 Å². The number of aliphatic hydroxyl groups excluding tert-OH is 5. The van der Waals surface area contributed by atoms with E-state index in [1.165, 1.54) is 0 Å². The molecule has 180 valence electrons. The summed E-state index contributed by atoms with van der Waals surface area (Å²) in [5.74, 6) is -0.701. The van der Waals surface area contributed by atoms with Gasteiger partial charge in [0.1, 0.15) is 6.10 Å². The van der Waals surface area contributed by atoms with Gasteiger partial charge in [0, 0.05) is 18.8 Å². The molecule has 1 heterocycles. The lowest BCUT2D eigenvalue weighted by molar-refractivity contribution is -0.199. The van der Waals surface area contributed by atoms with Gasteiger partial charge in [-0.1, -0.05) is 50.5 Å². The van der Waals surface area contributed by atoms with E-state index in [4.69, 9.17) is 19.7 Å². The maximum atomic E-state index is 11.6. The van der Waals surface area contributed by atoms with Crippen molar-refractivity contribution in [2.75, 3.05) is 13.2 Å². The highest BCUT2D eigenvalue weighted by atomic mass is 16.6. The van der Waals surface area contributed by atoms with Crippen molar-refractivity contribution in [3.63, 3.8) is 0 Å². The number of esters is 1. The number of allylic oxidation sites excluding steroid dienone is 2. The number of hydrogen-bond acceptors (Lipinski definition) is 8. The van der Waals surface area contributed by atoms with Crippen molar-refractivity contribution in [1.29, 1.82) is 0 Å². The van der Waals surface area contributed by atoms with E-state index in [-0.39, 0.29) is 18.8 Å². The van der Waals surface area contributed by atoms with Crippen LogP contribution in [0.15, 0.2) is 24.3 Å². The molecule has 0 aromatic carbocycles.